The normalized spacial score (nSPS) is 24.3. The number of aliphatic hydroxyl groups excluding tert-OH is 1. The molecule has 1 fully saturated rings. The van der Waals surface area contributed by atoms with Gasteiger partial charge in [-0.15, -0.1) is 11.8 Å². The third-order valence-electron chi connectivity index (χ3n) is 5.91. The third kappa shape index (κ3) is 7.64. The van der Waals surface area contributed by atoms with E-state index in [1.807, 2.05) is 91.0 Å². The molecular formula is C29H34O5S. The summed E-state index contributed by atoms with van der Waals surface area (Å²) in [5.41, 5.74) is 2.92. The summed E-state index contributed by atoms with van der Waals surface area (Å²) in [5.74, 6) is 0.856. The van der Waals surface area contributed by atoms with Gasteiger partial charge in [0.2, 0.25) is 0 Å². The molecular weight excluding hydrogens is 460 g/mol. The van der Waals surface area contributed by atoms with E-state index in [1.54, 1.807) is 11.8 Å². The second kappa shape index (κ2) is 13.8. The first-order valence-corrected chi connectivity index (χ1v) is 13.2. The molecule has 3 aromatic rings. The second-order valence-electron chi connectivity index (χ2n) is 8.51. The number of thioether (sulfide) groups is 1. The molecule has 0 radical (unpaired) electrons. The van der Waals surface area contributed by atoms with E-state index >= 15 is 0 Å². The summed E-state index contributed by atoms with van der Waals surface area (Å²) in [6, 6.07) is 30.0. The van der Waals surface area contributed by atoms with E-state index in [1.165, 1.54) is 0 Å². The van der Waals surface area contributed by atoms with Gasteiger partial charge >= 0.3 is 0 Å². The van der Waals surface area contributed by atoms with Crippen LogP contribution in [0.5, 0.6) is 0 Å². The van der Waals surface area contributed by atoms with Crippen molar-refractivity contribution in [3.05, 3.63) is 108 Å². The van der Waals surface area contributed by atoms with Crippen LogP contribution in [0.1, 0.15) is 23.6 Å². The molecule has 6 heteroatoms. The van der Waals surface area contributed by atoms with E-state index in [0.29, 0.717) is 19.8 Å². The molecule has 3 aromatic carbocycles. The molecule has 0 unspecified atom stereocenters. The van der Waals surface area contributed by atoms with Crippen LogP contribution >= 0.6 is 11.8 Å². The Labute approximate surface area is 212 Å². The zero-order chi connectivity index (χ0) is 24.3. The van der Waals surface area contributed by atoms with Crippen molar-refractivity contribution in [2.45, 2.75) is 56.6 Å². The van der Waals surface area contributed by atoms with E-state index in [4.69, 9.17) is 18.9 Å². The SMILES string of the molecule is CCS[C@@H]1O[C@H](COCc2ccccc2)[C@@H](O)[C@H](OCc2ccccc2)[C@H]1OCc1ccccc1. The Morgan fingerprint density at radius 1 is 0.714 bits per heavy atom. The van der Waals surface area contributed by atoms with Crippen LogP contribution in [0.15, 0.2) is 91.0 Å². The van der Waals surface area contributed by atoms with Crippen LogP contribution in [0, 0.1) is 0 Å². The zero-order valence-electron chi connectivity index (χ0n) is 20.1. The summed E-state index contributed by atoms with van der Waals surface area (Å²) in [7, 11) is 0. The van der Waals surface area contributed by atoms with E-state index < -0.39 is 24.4 Å². The minimum Gasteiger partial charge on any atom is -0.387 e. The van der Waals surface area contributed by atoms with Crippen LogP contribution in [0.3, 0.4) is 0 Å². The lowest BCUT2D eigenvalue weighted by Gasteiger charge is -2.44. The maximum absolute atomic E-state index is 11.3. The Morgan fingerprint density at radius 2 is 1.20 bits per heavy atom. The average Bonchev–Trinajstić information content (AvgIpc) is 2.90. The molecule has 1 saturated heterocycles. The topological polar surface area (TPSA) is 57.2 Å². The lowest BCUT2D eigenvalue weighted by Crippen LogP contribution is -2.59. The minimum atomic E-state index is -0.885. The maximum Gasteiger partial charge on any atom is 0.132 e. The van der Waals surface area contributed by atoms with Crippen molar-refractivity contribution in [3.8, 4) is 0 Å². The van der Waals surface area contributed by atoms with Gasteiger partial charge in [0, 0.05) is 0 Å². The van der Waals surface area contributed by atoms with Crippen molar-refractivity contribution < 1.29 is 24.1 Å². The fourth-order valence-electron chi connectivity index (χ4n) is 4.09. The predicted molar refractivity (Wildman–Crippen MR) is 139 cm³/mol. The van der Waals surface area contributed by atoms with Crippen molar-refractivity contribution >= 4 is 11.8 Å². The fourth-order valence-corrected chi connectivity index (χ4v) is 5.07. The van der Waals surface area contributed by atoms with E-state index in [0.717, 1.165) is 22.4 Å². The van der Waals surface area contributed by atoms with Crippen molar-refractivity contribution in [1.82, 2.24) is 0 Å². The molecule has 0 bridgehead atoms. The molecule has 0 aliphatic carbocycles. The minimum absolute atomic E-state index is 0.271. The van der Waals surface area contributed by atoms with Crippen molar-refractivity contribution in [3.63, 3.8) is 0 Å². The molecule has 1 heterocycles. The highest BCUT2D eigenvalue weighted by Crippen LogP contribution is 2.33. The second-order valence-corrected chi connectivity index (χ2v) is 9.89. The van der Waals surface area contributed by atoms with Gasteiger partial charge in [0.05, 0.1) is 26.4 Å². The van der Waals surface area contributed by atoms with E-state index in [9.17, 15) is 5.11 Å². The molecule has 0 spiro atoms. The summed E-state index contributed by atoms with van der Waals surface area (Å²) in [5, 5.41) is 11.3. The first-order chi connectivity index (χ1) is 17.2. The van der Waals surface area contributed by atoms with E-state index in [2.05, 4.69) is 6.92 Å². The Bertz CT molecular complexity index is 972. The summed E-state index contributed by atoms with van der Waals surface area (Å²) in [4.78, 5) is 0. The van der Waals surface area contributed by atoms with Gasteiger partial charge in [0.25, 0.3) is 0 Å². The van der Waals surface area contributed by atoms with Crippen LogP contribution in [0.25, 0.3) is 0 Å². The fraction of sp³-hybridized carbons (Fsp3) is 0.379. The average molecular weight is 495 g/mol. The number of rotatable bonds is 12. The summed E-state index contributed by atoms with van der Waals surface area (Å²) in [6.45, 7) is 3.63. The first-order valence-electron chi connectivity index (χ1n) is 12.1. The molecule has 1 aliphatic rings. The monoisotopic (exact) mass is 494 g/mol. The number of aliphatic hydroxyl groups is 1. The van der Waals surface area contributed by atoms with Crippen molar-refractivity contribution in [2.24, 2.45) is 0 Å². The van der Waals surface area contributed by atoms with Gasteiger partial charge in [0.15, 0.2) is 0 Å². The highest BCUT2D eigenvalue weighted by Gasteiger charge is 2.47. The molecule has 1 aliphatic heterocycles. The summed E-state index contributed by atoms with van der Waals surface area (Å²) < 4.78 is 25.0. The molecule has 1 N–H and O–H groups in total. The highest BCUT2D eigenvalue weighted by molar-refractivity contribution is 7.99. The summed E-state index contributed by atoms with van der Waals surface area (Å²) >= 11 is 1.66. The van der Waals surface area contributed by atoms with Crippen LogP contribution < -0.4 is 0 Å². The molecule has 0 amide bonds. The molecule has 0 aromatic heterocycles. The molecule has 186 valence electrons. The van der Waals surface area contributed by atoms with Crippen LogP contribution in [0.2, 0.25) is 0 Å². The van der Waals surface area contributed by atoms with Gasteiger partial charge in [-0.1, -0.05) is 97.9 Å². The maximum atomic E-state index is 11.3. The third-order valence-corrected chi connectivity index (χ3v) is 6.95. The molecule has 35 heavy (non-hydrogen) atoms. The quantitative estimate of drug-likeness (QED) is 0.373. The Kier molecular flexibility index (Phi) is 10.2. The van der Waals surface area contributed by atoms with Crippen molar-refractivity contribution in [2.75, 3.05) is 12.4 Å². The van der Waals surface area contributed by atoms with Crippen LogP contribution in [0.4, 0.5) is 0 Å². The predicted octanol–water partition coefficient (Wildman–Crippen LogP) is 5.21. The van der Waals surface area contributed by atoms with Crippen LogP contribution in [-0.4, -0.2) is 47.3 Å². The number of ether oxygens (including phenoxy) is 4. The van der Waals surface area contributed by atoms with Gasteiger partial charge in [-0.2, -0.15) is 0 Å². The van der Waals surface area contributed by atoms with Gasteiger partial charge in [0.1, 0.15) is 29.9 Å². The van der Waals surface area contributed by atoms with Crippen molar-refractivity contribution in [1.29, 1.82) is 0 Å². The molecule has 0 saturated carbocycles. The molecule has 5 nitrogen and oxygen atoms in total. The first kappa shape index (κ1) is 25.9. The van der Waals surface area contributed by atoms with Gasteiger partial charge in [-0.05, 0) is 22.4 Å². The molecule has 4 rings (SSSR count). The summed E-state index contributed by atoms with van der Waals surface area (Å²) in [6.07, 6.45) is -2.38. The van der Waals surface area contributed by atoms with E-state index in [-0.39, 0.29) is 12.0 Å². The standard InChI is InChI=1S/C29H34O5S/c1-2-35-29-28(33-20-24-16-10-5-11-17-24)27(32-19-23-14-8-4-9-15-23)26(30)25(34-29)21-31-18-22-12-6-3-7-13-22/h3-17,25-30H,2,18-21H2,1H3/t25-,26-,27+,28-,29+/m1/s1. The number of hydrogen-bond acceptors (Lipinski definition) is 6. The van der Waals surface area contributed by atoms with Crippen LogP contribution in [-0.2, 0) is 38.8 Å². The lowest BCUT2D eigenvalue weighted by atomic mass is 9.99. The Morgan fingerprint density at radius 3 is 1.71 bits per heavy atom. The van der Waals surface area contributed by atoms with Gasteiger partial charge in [-0.25, -0.2) is 0 Å². The zero-order valence-corrected chi connectivity index (χ0v) is 20.9. The largest absolute Gasteiger partial charge is 0.387 e. The lowest BCUT2D eigenvalue weighted by molar-refractivity contribution is -0.240. The van der Waals surface area contributed by atoms with Gasteiger partial charge in [-0.3, -0.25) is 0 Å². The molecule has 5 atom stereocenters. The smallest absolute Gasteiger partial charge is 0.132 e. The number of benzene rings is 3. The van der Waals surface area contributed by atoms with Gasteiger partial charge < -0.3 is 24.1 Å². The Hall–Kier alpha value is -2.19. The highest BCUT2D eigenvalue weighted by atomic mass is 32.2. The number of hydrogen-bond donors (Lipinski definition) is 1. The Balaban J connectivity index is 1.47.